The molecular formula is C12H14N2O3. The molecule has 5 nitrogen and oxygen atoms in total. The molecule has 3 heterocycles. The second kappa shape index (κ2) is 3.10. The molecule has 5 heteroatoms. The highest BCUT2D eigenvalue weighted by molar-refractivity contribution is 5.85. The van der Waals surface area contributed by atoms with Gasteiger partial charge in [0.05, 0.1) is 24.0 Å². The normalized spacial score (nSPS) is 50.6. The summed E-state index contributed by atoms with van der Waals surface area (Å²) >= 11 is 0. The van der Waals surface area contributed by atoms with Crippen LogP contribution in [0.4, 0.5) is 0 Å². The third kappa shape index (κ3) is 1.35. The number of nitrogens with one attached hydrogen (secondary N) is 2. The second-order valence-corrected chi connectivity index (χ2v) is 5.36. The second-order valence-electron chi connectivity index (χ2n) is 5.36. The zero-order chi connectivity index (χ0) is 11.6. The predicted molar refractivity (Wildman–Crippen MR) is 57.9 cm³/mol. The Labute approximate surface area is 98.6 Å². The summed E-state index contributed by atoms with van der Waals surface area (Å²) in [5.74, 6) is 0.830. The van der Waals surface area contributed by atoms with Crippen molar-refractivity contribution >= 4 is 11.8 Å². The van der Waals surface area contributed by atoms with E-state index in [4.69, 9.17) is 4.74 Å². The molecule has 5 aliphatic rings. The Bertz CT molecular complexity index is 433. The number of piperidine rings is 1. The van der Waals surface area contributed by atoms with Gasteiger partial charge in [0, 0.05) is 6.04 Å². The largest absolute Gasteiger partial charge is 0.366 e. The standard InChI is InChI=1S/C6H7NO2.C6H7NO/c8-6-2-1-3(7-6)5-4(2)9-5;8-6-4-1-2-5(3-4)7-6/h2-5H,1H2,(H,7,8);1-2,4-5H,3H2,(H,7,8)/t2-,3+,4?,5?;4-,5+/m01/s1. The van der Waals surface area contributed by atoms with E-state index in [0.29, 0.717) is 24.3 Å². The molecule has 0 aromatic carbocycles. The van der Waals surface area contributed by atoms with E-state index in [1.165, 1.54) is 0 Å². The average Bonchev–Trinajstić information content (AvgIpc) is 2.68. The van der Waals surface area contributed by atoms with Gasteiger partial charge in [0.15, 0.2) is 0 Å². The summed E-state index contributed by atoms with van der Waals surface area (Å²) in [6, 6.07) is 0.736. The lowest BCUT2D eigenvalue weighted by molar-refractivity contribution is -0.123. The Morgan fingerprint density at radius 2 is 1.94 bits per heavy atom. The number of hydrogen-bond acceptors (Lipinski definition) is 3. The first-order chi connectivity index (χ1) is 8.22. The minimum Gasteiger partial charge on any atom is -0.366 e. The molecule has 0 spiro atoms. The van der Waals surface area contributed by atoms with Crippen LogP contribution in [0, 0.1) is 11.8 Å². The van der Waals surface area contributed by atoms with E-state index in [1.807, 2.05) is 6.08 Å². The van der Waals surface area contributed by atoms with E-state index in [9.17, 15) is 9.59 Å². The molecule has 0 aromatic heterocycles. The molecule has 4 fully saturated rings. The third-order valence-corrected chi connectivity index (χ3v) is 4.27. The van der Waals surface area contributed by atoms with Crippen LogP contribution in [0.2, 0.25) is 0 Å². The number of hydrogen-bond donors (Lipinski definition) is 2. The van der Waals surface area contributed by atoms with Crippen molar-refractivity contribution in [1.82, 2.24) is 10.6 Å². The fourth-order valence-electron chi connectivity index (χ4n) is 3.30. The fourth-order valence-corrected chi connectivity index (χ4v) is 3.30. The summed E-state index contributed by atoms with van der Waals surface area (Å²) in [5.41, 5.74) is 0. The maximum absolute atomic E-state index is 10.9. The lowest BCUT2D eigenvalue weighted by atomic mass is 10.1. The van der Waals surface area contributed by atoms with Gasteiger partial charge in [0.25, 0.3) is 0 Å². The Kier molecular flexibility index (Phi) is 1.76. The summed E-state index contributed by atoms with van der Waals surface area (Å²) in [5, 5.41) is 5.71. The van der Waals surface area contributed by atoms with Gasteiger partial charge >= 0.3 is 0 Å². The lowest BCUT2D eigenvalue weighted by Gasteiger charge is -2.04. The van der Waals surface area contributed by atoms with Crippen LogP contribution in [0.5, 0.6) is 0 Å². The first kappa shape index (κ1) is 9.65. The van der Waals surface area contributed by atoms with E-state index in [2.05, 4.69) is 16.7 Å². The quantitative estimate of drug-likeness (QED) is 0.431. The van der Waals surface area contributed by atoms with Crippen molar-refractivity contribution < 1.29 is 14.3 Å². The number of carbonyl (C=O) groups excluding carboxylic acids is 2. The van der Waals surface area contributed by atoms with Crippen LogP contribution in [-0.2, 0) is 14.3 Å². The zero-order valence-electron chi connectivity index (χ0n) is 9.26. The summed E-state index contributed by atoms with van der Waals surface area (Å²) in [4.78, 5) is 21.6. The van der Waals surface area contributed by atoms with Crippen LogP contribution in [0.15, 0.2) is 12.2 Å². The van der Waals surface area contributed by atoms with Crippen molar-refractivity contribution in [2.75, 3.05) is 0 Å². The van der Waals surface area contributed by atoms with Crippen molar-refractivity contribution in [2.45, 2.75) is 37.1 Å². The molecule has 2 amide bonds. The Balaban J connectivity index is 0.0000000950. The minimum absolute atomic E-state index is 0.206. The molecule has 17 heavy (non-hydrogen) atoms. The Morgan fingerprint density at radius 3 is 2.35 bits per heavy atom. The molecule has 2 aliphatic carbocycles. The van der Waals surface area contributed by atoms with Crippen LogP contribution < -0.4 is 10.6 Å². The third-order valence-electron chi connectivity index (χ3n) is 4.27. The molecule has 2 unspecified atom stereocenters. The highest BCUT2D eigenvalue weighted by atomic mass is 16.6. The van der Waals surface area contributed by atoms with Crippen LogP contribution in [0.25, 0.3) is 0 Å². The van der Waals surface area contributed by atoms with Gasteiger partial charge in [-0.2, -0.15) is 0 Å². The maximum atomic E-state index is 10.9. The van der Waals surface area contributed by atoms with E-state index in [1.54, 1.807) is 0 Å². The van der Waals surface area contributed by atoms with Crippen LogP contribution >= 0.6 is 0 Å². The number of ether oxygens (including phenoxy) is 1. The zero-order valence-corrected chi connectivity index (χ0v) is 9.26. The average molecular weight is 234 g/mol. The van der Waals surface area contributed by atoms with Crippen molar-refractivity contribution in [3.63, 3.8) is 0 Å². The summed E-state index contributed by atoms with van der Waals surface area (Å²) in [6.45, 7) is 0. The first-order valence-corrected chi connectivity index (χ1v) is 6.17. The van der Waals surface area contributed by atoms with E-state index < -0.39 is 0 Å². The number of carbonyl (C=O) groups is 2. The van der Waals surface area contributed by atoms with Gasteiger partial charge in [-0.15, -0.1) is 0 Å². The SMILES string of the molecule is O=C1N[C@@H]2C[C@H]1C1OC12.O=C1N[C@H]2C=C[C@@H]1C2. The number of epoxide rings is 1. The fraction of sp³-hybridized carbons (Fsp3) is 0.667. The molecule has 4 bridgehead atoms. The van der Waals surface area contributed by atoms with Gasteiger partial charge in [-0.05, 0) is 12.8 Å². The molecule has 5 rings (SSSR count). The van der Waals surface area contributed by atoms with Gasteiger partial charge in [-0.1, -0.05) is 12.2 Å². The minimum atomic E-state index is 0.206. The van der Waals surface area contributed by atoms with Gasteiger partial charge in [-0.25, -0.2) is 0 Å². The van der Waals surface area contributed by atoms with Crippen LogP contribution in [-0.4, -0.2) is 36.1 Å². The molecule has 2 N–H and O–H groups in total. The monoisotopic (exact) mass is 234 g/mol. The summed E-state index contributed by atoms with van der Waals surface area (Å²) in [6.07, 6.45) is 6.78. The maximum Gasteiger partial charge on any atom is 0.227 e. The molecule has 0 radical (unpaired) electrons. The van der Waals surface area contributed by atoms with Crippen LogP contribution in [0.1, 0.15) is 12.8 Å². The van der Waals surface area contributed by atoms with Crippen LogP contribution in [0.3, 0.4) is 0 Å². The van der Waals surface area contributed by atoms with Gasteiger partial charge in [0.2, 0.25) is 11.8 Å². The molecule has 6 atom stereocenters. The highest BCUT2D eigenvalue weighted by Crippen LogP contribution is 2.46. The molecular weight excluding hydrogens is 220 g/mol. The van der Waals surface area contributed by atoms with Crippen molar-refractivity contribution in [3.8, 4) is 0 Å². The molecule has 90 valence electrons. The molecule has 3 saturated heterocycles. The molecule has 0 aromatic rings. The van der Waals surface area contributed by atoms with Crippen molar-refractivity contribution in [1.29, 1.82) is 0 Å². The predicted octanol–water partition coefficient (Wildman–Crippen LogP) is -0.667. The Morgan fingerprint density at radius 1 is 1.06 bits per heavy atom. The Hall–Kier alpha value is -1.36. The topological polar surface area (TPSA) is 70.7 Å². The summed E-state index contributed by atoms with van der Waals surface area (Å²) in [7, 11) is 0. The number of fused-ring (bicyclic) bond motifs is 7. The van der Waals surface area contributed by atoms with Crippen molar-refractivity contribution in [2.24, 2.45) is 11.8 Å². The smallest absolute Gasteiger partial charge is 0.227 e. The van der Waals surface area contributed by atoms with E-state index in [0.717, 1.165) is 12.8 Å². The number of amides is 2. The number of rotatable bonds is 0. The lowest BCUT2D eigenvalue weighted by Crippen LogP contribution is -2.35. The van der Waals surface area contributed by atoms with E-state index in [-0.39, 0.29) is 23.7 Å². The first-order valence-electron chi connectivity index (χ1n) is 6.17. The van der Waals surface area contributed by atoms with Gasteiger partial charge in [-0.3, -0.25) is 9.59 Å². The summed E-state index contributed by atoms with van der Waals surface area (Å²) < 4.78 is 5.23. The van der Waals surface area contributed by atoms with Gasteiger partial charge < -0.3 is 15.4 Å². The van der Waals surface area contributed by atoms with Gasteiger partial charge in [0.1, 0.15) is 6.10 Å². The highest BCUT2D eigenvalue weighted by Gasteiger charge is 2.63. The molecule has 1 saturated carbocycles. The van der Waals surface area contributed by atoms with E-state index >= 15 is 0 Å². The molecule has 3 aliphatic heterocycles. The van der Waals surface area contributed by atoms with Crippen molar-refractivity contribution in [3.05, 3.63) is 12.2 Å².